The van der Waals surface area contributed by atoms with Crippen LogP contribution in [-0.4, -0.2) is 20.2 Å². The van der Waals surface area contributed by atoms with Crippen LogP contribution in [-0.2, 0) is 0 Å². The van der Waals surface area contributed by atoms with Gasteiger partial charge >= 0.3 is 0 Å². The van der Waals surface area contributed by atoms with E-state index in [1.807, 2.05) is 12.1 Å². The summed E-state index contributed by atoms with van der Waals surface area (Å²) in [6.07, 6.45) is 1.22. The number of hydrogen-bond acceptors (Lipinski definition) is 2. The molecule has 1 aromatic rings. The van der Waals surface area contributed by atoms with Crippen LogP contribution in [0.25, 0.3) is 0 Å². The SMILES string of the molecule is COc1ccccc1[C@@H]1CCNC1. The molecule has 0 aromatic heterocycles. The molecule has 0 spiro atoms. The average Bonchev–Trinajstić information content (AvgIpc) is 2.70. The zero-order valence-corrected chi connectivity index (χ0v) is 7.92. The first kappa shape index (κ1) is 8.57. The third kappa shape index (κ3) is 1.68. The van der Waals surface area contributed by atoms with Crippen LogP contribution in [0.15, 0.2) is 24.3 Å². The third-order valence-corrected chi connectivity index (χ3v) is 2.64. The van der Waals surface area contributed by atoms with Crippen molar-refractivity contribution in [3.05, 3.63) is 29.8 Å². The van der Waals surface area contributed by atoms with Gasteiger partial charge in [-0.15, -0.1) is 0 Å². The summed E-state index contributed by atoms with van der Waals surface area (Å²) in [5.41, 5.74) is 1.34. The Labute approximate surface area is 78.9 Å². The van der Waals surface area contributed by atoms with Crippen molar-refractivity contribution in [3.8, 4) is 5.75 Å². The van der Waals surface area contributed by atoms with E-state index in [-0.39, 0.29) is 0 Å². The molecule has 1 fully saturated rings. The van der Waals surface area contributed by atoms with Gasteiger partial charge in [-0.1, -0.05) is 18.2 Å². The predicted octanol–water partition coefficient (Wildman–Crippen LogP) is 1.77. The first-order valence-corrected chi connectivity index (χ1v) is 4.75. The third-order valence-electron chi connectivity index (χ3n) is 2.64. The summed E-state index contributed by atoms with van der Waals surface area (Å²) in [5, 5.41) is 3.37. The molecule has 0 bridgehead atoms. The molecule has 2 heteroatoms. The second kappa shape index (κ2) is 3.79. The summed E-state index contributed by atoms with van der Waals surface area (Å²) in [4.78, 5) is 0. The first-order valence-electron chi connectivity index (χ1n) is 4.75. The van der Waals surface area contributed by atoms with Crippen molar-refractivity contribution in [2.24, 2.45) is 0 Å². The first-order chi connectivity index (χ1) is 6.42. The van der Waals surface area contributed by atoms with Gasteiger partial charge in [-0.25, -0.2) is 0 Å². The van der Waals surface area contributed by atoms with Crippen molar-refractivity contribution in [3.63, 3.8) is 0 Å². The van der Waals surface area contributed by atoms with Crippen molar-refractivity contribution in [2.75, 3.05) is 20.2 Å². The van der Waals surface area contributed by atoms with Gasteiger partial charge in [-0.2, -0.15) is 0 Å². The topological polar surface area (TPSA) is 21.3 Å². The van der Waals surface area contributed by atoms with E-state index >= 15 is 0 Å². The van der Waals surface area contributed by atoms with Crippen molar-refractivity contribution in [1.82, 2.24) is 5.32 Å². The number of hydrogen-bond donors (Lipinski definition) is 1. The van der Waals surface area contributed by atoms with Crippen LogP contribution in [0.5, 0.6) is 5.75 Å². The fraction of sp³-hybridized carbons (Fsp3) is 0.455. The van der Waals surface area contributed by atoms with Crippen LogP contribution in [0.3, 0.4) is 0 Å². The standard InChI is InChI=1S/C11H15NO/c1-13-11-5-3-2-4-10(11)9-6-7-12-8-9/h2-5,9,12H,6-8H2,1H3/t9-/m1/s1. The van der Waals surface area contributed by atoms with Crippen LogP contribution >= 0.6 is 0 Å². The van der Waals surface area contributed by atoms with Gasteiger partial charge in [-0.3, -0.25) is 0 Å². The number of para-hydroxylation sites is 1. The molecule has 1 aliphatic rings. The molecule has 1 saturated heterocycles. The molecule has 1 aromatic carbocycles. The number of rotatable bonds is 2. The summed E-state index contributed by atoms with van der Waals surface area (Å²) in [6, 6.07) is 8.30. The van der Waals surface area contributed by atoms with Crippen LogP contribution in [0.2, 0.25) is 0 Å². The van der Waals surface area contributed by atoms with E-state index in [4.69, 9.17) is 4.74 Å². The highest BCUT2D eigenvalue weighted by atomic mass is 16.5. The molecule has 1 heterocycles. The Hall–Kier alpha value is -1.02. The lowest BCUT2D eigenvalue weighted by molar-refractivity contribution is 0.406. The highest BCUT2D eigenvalue weighted by molar-refractivity contribution is 5.36. The summed E-state index contributed by atoms with van der Waals surface area (Å²) >= 11 is 0. The zero-order valence-electron chi connectivity index (χ0n) is 7.92. The van der Waals surface area contributed by atoms with Gasteiger partial charge in [0.1, 0.15) is 5.75 Å². The Morgan fingerprint density at radius 1 is 1.38 bits per heavy atom. The lowest BCUT2D eigenvalue weighted by atomic mass is 9.97. The number of nitrogens with one attached hydrogen (secondary N) is 1. The van der Waals surface area contributed by atoms with Crippen molar-refractivity contribution in [2.45, 2.75) is 12.3 Å². The van der Waals surface area contributed by atoms with Gasteiger partial charge in [0.2, 0.25) is 0 Å². The Morgan fingerprint density at radius 2 is 2.23 bits per heavy atom. The number of ether oxygens (including phenoxy) is 1. The average molecular weight is 177 g/mol. The minimum Gasteiger partial charge on any atom is -0.496 e. The Morgan fingerprint density at radius 3 is 2.92 bits per heavy atom. The zero-order chi connectivity index (χ0) is 9.10. The fourth-order valence-corrected chi connectivity index (χ4v) is 1.92. The molecular formula is C11H15NO. The highest BCUT2D eigenvalue weighted by Gasteiger charge is 2.19. The highest BCUT2D eigenvalue weighted by Crippen LogP contribution is 2.29. The molecule has 0 saturated carbocycles. The summed E-state index contributed by atoms with van der Waals surface area (Å²) in [7, 11) is 1.74. The maximum atomic E-state index is 5.33. The minimum absolute atomic E-state index is 0.635. The monoisotopic (exact) mass is 177 g/mol. The van der Waals surface area contributed by atoms with Gasteiger partial charge in [0, 0.05) is 12.5 Å². The second-order valence-electron chi connectivity index (χ2n) is 3.43. The molecule has 0 radical (unpaired) electrons. The molecule has 2 rings (SSSR count). The molecule has 1 atom stereocenters. The van der Waals surface area contributed by atoms with E-state index in [9.17, 15) is 0 Å². The molecule has 1 N–H and O–H groups in total. The summed E-state index contributed by atoms with van der Waals surface area (Å²) in [5.74, 6) is 1.66. The van der Waals surface area contributed by atoms with Crippen molar-refractivity contribution in [1.29, 1.82) is 0 Å². The van der Waals surface area contributed by atoms with E-state index in [1.54, 1.807) is 7.11 Å². The summed E-state index contributed by atoms with van der Waals surface area (Å²) < 4.78 is 5.33. The van der Waals surface area contributed by atoms with E-state index in [0.717, 1.165) is 18.8 Å². The van der Waals surface area contributed by atoms with Crippen LogP contribution in [0, 0.1) is 0 Å². The number of benzene rings is 1. The molecule has 0 aliphatic carbocycles. The second-order valence-corrected chi connectivity index (χ2v) is 3.43. The van der Waals surface area contributed by atoms with Gasteiger partial charge in [0.15, 0.2) is 0 Å². The fourth-order valence-electron chi connectivity index (χ4n) is 1.92. The summed E-state index contributed by atoms with van der Waals surface area (Å²) in [6.45, 7) is 2.21. The van der Waals surface area contributed by atoms with Gasteiger partial charge in [0.05, 0.1) is 7.11 Å². The Bertz CT molecular complexity index is 279. The van der Waals surface area contributed by atoms with E-state index in [2.05, 4.69) is 17.4 Å². The quantitative estimate of drug-likeness (QED) is 0.743. The molecule has 13 heavy (non-hydrogen) atoms. The van der Waals surface area contributed by atoms with Crippen molar-refractivity contribution >= 4 is 0 Å². The van der Waals surface area contributed by atoms with Crippen LogP contribution in [0.1, 0.15) is 17.9 Å². The maximum absolute atomic E-state index is 5.33. The van der Waals surface area contributed by atoms with Crippen LogP contribution in [0.4, 0.5) is 0 Å². The molecule has 70 valence electrons. The smallest absolute Gasteiger partial charge is 0.122 e. The molecule has 0 amide bonds. The van der Waals surface area contributed by atoms with Gasteiger partial charge in [-0.05, 0) is 24.6 Å². The lowest BCUT2D eigenvalue weighted by Crippen LogP contribution is -2.08. The maximum Gasteiger partial charge on any atom is 0.122 e. The number of methoxy groups -OCH3 is 1. The lowest BCUT2D eigenvalue weighted by Gasteiger charge is -2.12. The van der Waals surface area contributed by atoms with Crippen molar-refractivity contribution < 1.29 is 4.74 Å². The largest absolute Gasteiger partial charge is 0.496 e. The molecule has 0 unspecified atom stereocenters. The molecule has 1 aliphatic heterocycles. The Kier molecular flexibility index (Phi) is 2.50. The minimum atomic E-state index is 0.635. The predicted molar refractivity (Wildman–Crippen MR) is 53.2 cm³/mol. The van der Waals surface area contributed by atoms with Gasteiger partial charge in [0.25, 0.3) is 0 Å². The van der Waals surface area contributed by atoms with E-state index in [1.165, 1.54) is 12.0 Å². The molecular weight excluding hydrogens is 162 g/mol. The van der Waals surface area contributed by atoms with E-state index < -0.39 is 0 Å². The normalized spacial score (nSPS) is 21.8. The Balaban J connectivity index is 2.26. The van der Waals surface area contributed by atoms with Crippen LogP contribution < -0.4 is 10.1 Å². The van der Waals surface area contributed by atoms with E-state index in [0.29, 0.717) is 5.92 Å². The molecule has 2 nitrogen and oxygen atoms in total. The van der Waals surface area contributed by atoms with Gasteiger partial charge < -0.3 is 10.1 Å².